The van der Waals surface area contributed by atoms with Crippen molar-refractivity contribution in [3.8, 4) is 0 Å². The molecule has 0 spiro atoms. The van der Waals surface area contributed by atoms with Gasteiger partial charge in [-0.15, -0.1) is 11.8 Å². The molecule has 0 amide bonds. The molecule has 32 heavy (non-hydrogen) atoms. The number of benzene rings is 4. The van der Waals surface area contributed by atoms with Crippen LogP contribution in [0.25, 0.3) is 0 Å². The standard InChI is InChI=1S/C28H26O2S2/c1-23-17-19-27(20-18-23)32(29,30)22-21-31-28(24-11-5-2-6-12-24,25-13-7-3-8-14-25)26-15-9-4-10-16-26/h2-20H,21-22H2,1H3. The molecule has 0 radical (unpaired) electrons. The third-order valence-electron chi connectivity index (χ3n) is 5.59. The molecule has 4 aromatic rings. The fourth-order valence-corrected chi connectivity index (χ4v) is 7.15. The van der Waals surface area contributed by atoms with Crippen LogP contribution in [0.2, 0.25) is 0 Å². The number of aryl methyl sites for hydroxylation is 1. The van der Waals surface area contributed by atoms with Gasteiger partial charge in [0.1, 0.15) is 0 Å². The van der Waals surface area contributed by atoms with Gasteiger partial charge >= 0.3 is 0 Å². The van der Waals surface area contributed by atoms with Crippen LogP contribution >= 0.6 is 11.8 Å². The van der Waals surface area contributed by atoms with Crippen molar-refractivity contribution in [2.24, 2.45) is 0 Å². The lowest BCUT2D eigenvalue weighted by atomic mass is 9.84. The van der Waals surface area contributed by atoms with Gasteiger partial charge in [0.05, 0.1) is 15.4 Å². The van der Waals surface area contributed by atoms with Gasteiger partial charge in [-0.2, -0.15) is 0 Å². The minimum atomic E-state index is -3.37. The van der Waals surface area contributed by atoms with Crippen molar-refractivity contribution < 1.29 is 8.42 Å². The SMILES string of the molecule is Cc1ccc(S(=O)(=O)CCSC(c2ccccc2)(c2ccccc2)c2ccccc2)cc1. The van der Waals surface area contributed by atoms with Crippen LogP contribution in [0, 0.1) is 6.92 Å². The predicted molar refractivity (Wildman–Crippen MR) is 135 cm³/mol. The summed E-state index contributed by atoms with van der Waals surface area (Å²) < 4.78 is 25.5. The van der Waals surface area contributed by atoms with E-state index >= 15 is 0 Å². The summed E-state index contributed by atoms with van der Waals surface area (Å²) in [4.78, 5) is 0.383. The van der Waals surface area contributed by atoms with Crippen molar-refractivity contribution in [1.29, 1.82) is 0 Å². The minimum absolute atomic E-state index is 0.0784. The lowest BCUT2D eigenvalue weighted by Gasteiger charge is -2.35. The maximum Gasteiger partial charge on any atom is 0.179 e. The van der Waals surface area contributed by atoms with Crippen molar-refractivity contribution in [3.05, 3.63) is 138 Å². The molecule has 0 unspecified atom stereocenters. The largest absolute Gasteiger partial charge is 0.224 e. The number of hydrogen-bond donors (Lipinski definition) is 0. The second-order valence-corrected chi connectivity index (χ2v) is 11.2. The zero-order valence-electron chi connectivity index (χ0n) is 18.0. The monoisotopic (exact) mass is 458 g/mol. The number of rotatable bonds is 8. The molecule has 0 bridgehead atoms. The highest BCUT2D eigenvalue weighted by atomic mass is 32.2. The molecule has 4 heteroatoms. The first-order chi connectivity index (χ1) is 15.5. The van der Waals surface area contributed by atoms with Gasteiger partial charge in [0.2, 0.25) is 0 Å². The highest BCUT2D eigenvalue weighted by Gasteiger charge is 2.37. The van der Waals surface area contributed by atoms with Gasteiger partial charge < -0.3 is 0 Å². The third-order valence-corrected chi connectivity index (χ3v) is 9.13. The summed E-state index contributed by atoms with van der Waals surface area (Å²) in [5.74, 6) is 0.546. The zero-order chi connectivity index (χ0) is 22.4. The molecule has 0 N–H and O–H groups in total. The molecule has 4 aromatic carbocycles. The number of thioether (sulfide) groups is 1. The first-order valence-corrected chi connectivity index (χ1v) is 13.3. The molecule has 0 aromatic heterocycles. The van der Waals surface area contributed by atoms with E-state index in [4.69, 9.17) is 0 Å². The molecule has 0 aliphatic carbocycles. The molecule has 4 rings (SSSR count). The molecule has 2 nitrogen and oxygen atoms in total. The molecule has 0 saturated heterocycles. The Morgan fingerprint density at radius 2 is 1.03 bits per heavy atom. The number of hydrogen-bond acceptors (Lipinski definition) is 3. The summed E-state index contributed by atoms with van der Waals surface area (Å²) in [6, 6.07) is 38.1. The molecule has 0 saturated carbocycles. The second-order valence-electron chi connectivity index (χ2n) is 7.76. The zero-order valence-corrected chi connectivity index (χ0v) is 19.6. The predicted octanol–water partition coefficient (Wildman–Crippen LogP) is 6.49. The van der Waals surface area contributed by atoms with Gasteiger partial charge in [-0.1, -0.05) is 109 Å². The van der Waals surface area contributed by atoms with Gasteiger partial charge in [0.15, 0.2) is 9.84 Å². The van der Waals surface area contributed by atoms with Crippen molar-refractivity contribution >= 4 is 21.6 Å². The van der Waals surface area contributed by atoms with E-state index in [1.807, 2.05) is 73.7 Å². The van der Waals surface area contributed by atoms with Gasteiger partial charge in [-0.05, 0) is 35.7 Å². The average Bonchev–Trinajstić information content (AvgIpc) is 2.84. The van der Waals surface area contributed by atoms with Crippen LogP contribution in [-0.2, 0) is 14.6 Å². The van der Waals surface area contributed by atoms with Crippen LogP contribution in [0.15, 0.2) is 120 Å². The minimum Gasteiger partial charge on any atom is -0.224 e. The maximum atomic E-state index is 13.0. The molecular formula is C28H26O2S2. The Bertz CT molecular complexity index is 1140. The van der Waals surface area contributed by atoms with Crippen LogP contribution in [0.1, 0.15) is 22.3 Å². The summed E-state index contributed by atoms with van der Waals surface area (Å²) in [7, 11) is -3.37. The van der Waals surface area contributed by atoms with E-state index in [9.17, 15) is 8.42 Å². The van der Waals surface area contributed by atoms with E-state index in [1.54, 1.807) is 23.9 Å². The quantitative estimate of drug-likeness (QED) is 0.283. The van der Waals surface area contributed by atoms with Gasteiger partial charge in [-0.3, -0.25) is 0 Å². The van der Waals surface area contributed by atoms with Crippen LogP contribution in [0.3, 0.4) is 0 Å². The Kier molecular flexibility index (Phi) is 6.83. The maximum absolute atomic E-state index is 13.0. The van der Waals surface area contributed by atoms with E-state index in [0.29, 0.717) is 10.6 Å². The molecule has 0 aliphatic rings. The normalized spacial score (nSPS) is 11.9. The summed E-state index contributed by atoms with van der Waals surface area (Å²) in [5.41, 5.74) is 4.45. The highest BCUT2D eigenvalue weighted by Crippen LogP contribution is 2.48. The molecule has 0 atom stereocenters. The van der Waals surface area contributed by atoms with E-state index in [-0.39, 0.29) is 5.75 Å². The average molecular weight is 459 g/mol. The summed E-state index contributed by atoms with van der Waals surface area (Å²) in [6.07, 6.45) is 0. The fraction of sp³-hybridized carbons (Fsp3) is 0.143. The van der Waals surface area contributed by atoms with E-state index in [1.165, 1.54) is 0 Å². The summed E-state index contributed by atoms with van der Waals surface area (Å²) >= 11 is 1.67. The first-order valence-electron chi connectivity index (χ1n) is 10.6. The Morgan fingerprint density at radius 3 is 1.44 bits per heavy atom. The van der Waals surface area contributed by atoms with Crippen LogP contribution in [-0.4, -0.2) is 19.9 Å². The smallest absolute Gasteiger partial charge is 0.179 e. The van der Waals surface area contributed by atoms with Gasteiger partial charge in [0.25, 0.3) is 0 Å². The third kappa shape index (κ3) is 4.67. The Hall–Kier alpha value is -2.82. The van der Waals surface area contributed by atoms with E-state index in [2.05, 4.69) is 36.4 Å². The molecular weight excluding hydrogens is 432 g/mol. The molecule has 162 valence electrons. The van der Waals surface area contributed by atoms with Gasteiger partial charge in [0, 0.05) is 5.75 Å². The Morgan fingerprint density at radius 1 is 0.625 bits per heavy atom. The summed E-state index contributed by atoms with van der Waals surface area (Å²) in [6.45, 7) is 1.96. The summed E-state index contributed by atoms with van der Waals surface area (Å²) in [5, 5.41) is 0. The molecule has 0 heterocycles. The van der Waals surface area contributed by atoms with Crippen molar-refractivity contribution in [2.45, 2.75) is 16.6 Å². The van der Waals surface area contributed by atoms with Crippen LogP contribution in [0.4, 0.5) is 0 Å². The Balaban J connectivity index is 1.74. The van der Waals surface area contributed by atoms with Crippen LogP contribution in [0.5, 0.6) is 0 Å². The van der Waals surface area contributed by atoms with Crippen molar-refractivity contribution in [1.82, 2.24) is 0 Å². The lowest BCUT2D eigenvalue weighted by Crippen LogP contribution is -2.27. The molecule has 0 aliphatic heterocycles. The molecule has 0 fully saturated rings. The Labute approximate surface area is 195 Å². The van der Waals surface area contributed by atoms with E-state index in [0.717, 1.165) is 22.3 Å². The van der Waals surface area contributed by atoms with Crippen molar-refractivity contribution in [2.75, 3.05) is 11.5 Å². The number of sulfone groups is 1. The van der Waals surface area contributed by atoms with Crippen LogP contribution < -0.4 is 0 Å². The fourth-order valence-electron chi connectivity index (χ4n) is 3.94. The topological polar surface area (TPSA) is 34.1 Å². The highest BCUT2D eigenvalue weighted by molar-refractivity contribution is 8.01. The van der Waals surface area contributed by atoms with Crippen molar-refractivity contribution in [3.63, 3.8) is 0 Å². The lowest BCUT2D eigenvalue weighted by molar-refractivity contribution is 0.597. The first kappa shape index (κ1) is 22.4. The van der Waals surface area contributed by atoms with Gasteiger partial charge in [-0.25, -0.2) is 8.42 Å². The van der Waals surface area contributed by atoms with E-state index < -0.39 is 14.6 Å². The second kappa shape index (κ2) is 9.76.